The smallest absolute Gasteiger partial charge is 0.330 e. The molecule has 1 amide bonds. The van der Waals surface area contributed by atoms with Crippen molar-refractivity contribution in [3.63, 3.8) is 0 Å². The molecule has 0 aromatic heterocycles. The van der Waals surface area contributed by atoms with Crippen LogP contribution in [0.3, 0.4) is 0 Å². The van der Waals surface area contributed by atoms with Gasteiger partial charge in [-0.15, -0.1) is 0 Å². The summed E-state index contributed by atoms with van der Waals surface area (Å²) in [5.41, 5.74) is 2.21. The van der Waals surface area contributed by atoms with E-state index in [0.717, 1.165) is 17.8 Å². The molecule has 0 saturated carbocycles. The fraction of sp³-hybridized carbons (Fsp3) is 0.529. The molecule has 0 saturated heterocycles. The normalized spacial score (nSPS) is 12.4. The van der Waals surface area contributed by atoms with Gasteiger partial charge in [0.2, 0.25) is 0 Å². The maximum atomic E-state index is 12.4. The zero-order valence-electron chi connectivity index (χ0n) is 14.4. The van der Waals surface area contributed by atoms with Gasteiger partial charge in [-0.2, -0.15) is 0 Å². The molecule has 0 unspecified atom stereocenters. The summed E-state index contributed by atoms with van der Waals surface area (Å²) in [6.07, 6.45) is 0. The minimum Gasteiger partial charge on any atom is -0.467 e. The van der Waals surface area contributed by atoms with Gasteiger partial charge >= 0.3 is 5.97 Å². The summed E-state index contributed by atoms with van der Waals surface area (Å²) in [4.78, 5) is 23.8. The third-order valence-corrected chi connectivity index (χ3v) is 3.36. The predicted octanol–water partition coefficient (Wildman–Crippen LogP) is 1.72. The van der Waals surface area contributed by atoms with E-state index in [2.05, 4.69) is 36.1 Å². The molecule has 6 nitrogen and oxygen atoms in total. The second kappa shape index (κ2) is 7.97. The van der Waals surface area contributed by atoms with Crippen LogP contribution in [0.25, 0.3) is 0 Å². The molecule has 0 aliphatic carbocycles. The zero-order valence-corrected chi connectivity index (χ0v) is 14.4. The molecule has 23 heavy (non-hydrogen) atoms. The molecule has 3 N–H and O–H groups in total. The van der Waals surface area contributed by atoms with Gasteiger partial charge in [0, 0.05) is 17.8 Å². The van der Waals surface area contributed by atoms with E-state index in [0.29, 0.717) is 5.56 Å². The van der Waals surface area contributed by atoms with Crippen LogP contribution in [-0.4, -0.2) is 43.3 Å². The van der Waals surface area contributed by atoms with Gasteiger partial charge in [0.1, 0.15) is 0 Å². The number of rotatable bonds is 6. The van der Waals surface area contributed by atoms with Crippen LogP contribution in [0.5, 0.6) is 0 Å². The van der Waals surface area contributed by atoms with E-state index in [4.69, 9.17) is 0 Å². The van der Waals surface area contributed by atoms with E-state index in [-0.39, 0.29) is 5.41 Å². The highest BCUT2D eigenvalue weighted by molar-refractivity contribution is 5.99. The van der Waals surface area contributed by atoms with E-state index in [1.807, 2.05) is 13.0 Å². The molecule has 0 bridgehead atoms. The summed E-state index contributed by atoms with van der Waals surface area (Å²) >= 11 is 0. The van der Waals surface area contributed by atoms with Crippen molar-refractivity contribution in [2.45, 2.75) is 33.7 Å². The molecule has 1 aromatic carbocycles. The number of benzene rings is 1. The number of esters is 1. The van der Waals surface area contributed by atoms with Crippen LogP contribution < -0.4 is 10.6 Å². The molecule has 0 fully saturated rings. The lowest BCUT2D eigenvalue weighted by molar-refractivity contribution is -0.143. The van der Waals surface area contributed by atoms with Crippen LogP contribution in [-0.2, 0) is 9.53 Å². The molecule has 0 heterocycles. The summed E-state index contributed by atoms with van der Waals surface area (Å²) in [5.74, 6) is -1.10. The lowest BCUT2D eigenvalue weighted by Crippen LogP contribution is -2.44. The van der Waals surface area contributed by atoms with Gasteiger partial charge < -0.3 is 20.5 Å². The van der Waals surface area contributed by atoms with Crippen molar-refractivity contribution in [3.05, 3.63) is 29.3 Å². The highest BCUT2D eigenvalue weighted by atomic mass is 16.5. The molecular formula is C17H26N2O4. The van der Waals surface area contributed by atoms with Gasteiger partial charge in [-0.25, -0.2) is 4.79 Å². The van der Waals surface area contributed by atoms with Crippen LogP contribution in [0.1, 0.15) is 36.7 Å². The second-order valence-electron chi connectivity index (χ2n) is 6.62. The lowest BCUT2D eigenvalue weighted by atomic mass is 9.96. The third kappa shape index (κ3) is 5.56. The second-order valence-corrected chi connectivity index (χ2v) is 6.62. The number of amides is 1. The van der Waals surface area contributed by atoms with Gasteiger partial charge in [-0.1, -0.05) is 26.8 Å². The molecule has 1 rings (SSSR count). The average Bonchev–Trinajstić information content (AvgIpc) is 2.49. The van der Waals surface area contributed by atoms with E-state index < -0.39 is 24.5 Å². The summed E-state index contributed by atoms with van der Waals surface area (Å²) in [5, 5.41) is 15.0. The van der Waals surface area contributed by atoms with E-state index in [1.165, 1.54) is 7.11 Å². The summed E-state index contributed by atoms with van der Waals surface area (Å²) in [6, 6.07) is 4.29. The minimum absolute atomic E-state index is 0.109. The highest BCUT2D eigenvalue weighted by Gasteiger charge is 2.22. The van der Waals surface area contributed by atoms with E-state index >= 15 is 0 Å². The molecule has 1 atom stereocenters. The molecule has 1 aromatic rings. The standard InChI is InChI=1S/C17H26N2O4/c1-11-12(15(21)19-14(9-20)16(22)23-5)7-6-8-13(11)18-10-17(2,3)4/h6-8,14,18,20H,9-10H2,1-5H3,(H,19,21)/t14-/m0/s1. The molecule has 0 aliphatic rings. The van der Waals surface area contributed by atoms with Crippen molar-refractivity contribution < 1.29 is 19.4 Å². The monoisotopic (exact) mass is 322 g/mol. The van der Waals surface area contributed by atoms with Gasteiger partial charge in [-0.3, -0.25) is 4.79 Å². The van der Waals surface area contributed by atoms with Gasteiger partial charge in [0.15, 0.2) is 6.04 Å². The Bertz CT molecular complexity index is 564. The van der Waals surface area contributed by atoms with Crippen LogP contribution in [0.15, 0.2) is 18.2 Å². The first-order valence-electron chi connectivity index (χ1n) is 7.52. The molecule has 0 aliphatic heterocycles. The van der Waals surface area contributed by atoms with Crippen molar-refractivity contribution in [2.75, 3.05) is 25.6 Å². The minimum atomic E-state index is -1.07. The Morgan fingerprint density at radius 3 is 2.48 bits per heavy atom. The van der Waals surface area contributed by atoms with Crippen molar-refractivity contribution in [1.29, 1.82) is 0 Å². The SMILES string of the molecule is COC(=O)[C@H](CO)NC(=O)c1cccc(NCC(C)(C)C)c1C. The number of hydrogen-bond acceptors (Lipinski definition) is 5. The number of aliphatic hydroxyl groups excluding tert-OH is 1. The van der Waals surface area contributed by atoms with E-state index in [1.54, 1.807) is 12.1 Å². The van der Waals surface area contributed by atoms with Crippen LogP contribution in [0.2, 0.25) is 0 Å². The summed E-state index contributed by atoms with van der Waals surface area (Å²) < 4.78 is 4.54. The Morgan fingerprint density at radius 2 is 1.96 bits per heavy atom. The van der Waals surface area contributed by atoms with Crippen molar-refractivity contribution in [2.24, 2.45) is 5.41 Å². The largest absolute Gasteiger partial charge is 0.467 e. The van der Waals surface area contributed by atoms with Crippen molar-refractivity contribution in [3.8, 4) is 0 Å². The van der Waals surface area contributed by atoms with Crippen LogP contribution >= 0.6 is 0 Å². The maximum Gasteiger partial charge on any atom is 0.330 e. The number of carbonyl (C=O) groups excluding carboxylic acids is 2. The number of anilines is 1. The Hall–Kier alpha value is -2.08. The number of nitrogens with one attached hydrogen (secondary N) is 2. The molecule has 128 valence electrons. The number of carbonyl (C=O) groups is 2. The fourth-order valence-electron chi connectivity index (χ4n) is 1.99. The van der Waals surface area contributed by atoms with E-state index in [9.17, 15) is 14.7 Å². The molecular weight excluding hydrogens is 296 g/mol. The number of methoxy groups -OCH3 is 1. The summed E-state index contributed by atoms with van der Waals surface area (Å²) in [6.45, 7) is 8.45. The molecule has 6 heteroatoms. The predicted molar refractivity (Wildman–Crippen MR) is 89.5 cm³/mol. The van der Waals surface area contributed by atoms with Crippen LogP contribution in [0, 0.1) is 12.3 Å². The van der Waals surface area contributed by atoms with Gasteiger partial charge in [0.05, 0.1) is 13.7 Å². The zero-order chi connectivity index (χ0) is 17.6. The first-order chi connectivity index (χ1) is 10.7. The number of aliphatic hydroxyl groups is 1. The Morgan fingerprint density at radius 1 is 1.30 bits per heavy atom. The number of ether oxygens (including phenoxy) is 1. The maximum absolute atomic E-state index is 12.4. The van der Waals surface area contributed by atoms with Crippen molar-refractivity contribution in [1.82, 2.24) is 5.32 Å². The topological polar surface area (TPSA) is 87.7 Å². The molecule has 0 spiro atoms. The number of hydrogen-bond donors (Lipinski definition) is 3. The Kier molecular flexibility index (Phi) is 6.57. The van der Waals surface area contributed by atoms with Gasteiger partial charge in [0.25, 0.3) is 5.91 Å². The average molecular weight is 322 g/mol. The summed E-state index contributed by atoms with van der Waals surface area (Å²) in [7, 11) is 1.21. The first-order valence-corrected chi connectivity index (χ1v) is 7.52. The van der Waals surface area contributed by atoms with Gasteiger partial charge in [-0.05, 0) is 30.0 Å². The molecule has 0 radical (unpaired) electrons. The first kappa shape index (κ1) is 19.0. The lowest BCUT2D eigenvalue weighted by Gasteiger charge is -2.21. The quantitative estimate of drug-likeness (QED) is 0.694. The van der Waals surface area contributed by atoms with Crippen LogP contribution in [0.4, 0.5) is 5.69 Å². The van der Waals surface area contributed by atoms with Crippen molar-refractivity contribution >= 4 is 17.6 Å². The third-order valence-electron chi connectivity index (χ3n) is 3.36. The highest BCUT2D eigenvalue weighted by Crippen LogP contribution is 2.21. The Balaban J connectivity index is 2.91. The fourth-order valence-corrected chi connectivity index (χ4v) is 1.99. The Labute approximate surface area is 137 Å².